The monoisotopic (exact) mass is 375 g/mol. The lowest BCUT2D eigenvalue weighted by molar-refractivity contribution is 0.164. The van der Waals surface area contributed by atoms with Crippen LogP contribution in [0.3, 0.4) is 0 Å². The maximum atomic E-state index is 5.71. The molecule has 0 saturated carbocycles. The third-order valence-electron chi connectivity index (χ3n) is 4.96. The van der Waals surface area contributed by atoms with Crippen LogP contribution in [0.2, 0.25) is 0 Å². The highest BCUT2D eigenvalue weighted by Crippen LogP contribution is 2.19. The first-order chi connectivity index (χ1) is 12.6. The van der Waals surface area contributed by atoms with Gasteiger partial charge in [0.1, 0.15) is 5.76 Å². The highest BCUT2D eigenvalue weighted by atomic mass is 32.1. The molecule has 0 atom stereocenters. The van der Waals surface area contributed by atoms with Gasteiger partial charge in [0.15, 0.2) is 5.96 Å². The van der Waals surface area contributed by atoms with E-state index in [9.17, 15) is 0 Å². The average Bonchev–Trinajstić information content (AvgIpc) is 3.26. The average molecular weight is 376 g/mol. The van der Waals surface area contributed by atoms with E-state index in [1.54, 1.807) is 11.3 Å². The molecule has 2 aromatic heterocycles. The van der Waals surface area contributed by atoms with Gasteiger partial charge in [-0.3, -0.25) is 9.89 Å². The zero-order valence-corrected chi connectivity index (χ0v) is 16.7. The number of oxazole rings is 1. The van der Waals surface area contributed by atoms with Crippen molar-refractivity contribution in [1.29, 1.82) is 0 Å². The SMILES string of the molecule is CN=C(NCc1ccsc1)NCC1CCN(Cc2nc(C)c(C)o2)CC1. The molecule has 0 unspecified atom stereocenters. The number of aromatic nitrogens is 1. The van der Waals surface area contributed by atoms with Crippen LogP contribution >= 0.6 is 11.3 Å². The number of piperidine rings is 1. The van der Waals surface area contributed by atoms with Crippen molar-refractivity contribution >= 4 is 17.3 Å². The number of likely N-dealkylation sites (tertiary alicyclic amines) is 1. The van der Waals surface area contributed by atoms with Crippen molar-refractivity contribution < 1.29 is 4.42 Å². The summed E-state index contributed by atoms with van der Waals surface area (Å²) in [6, 6.07) is 2.14. The molecule has 0 aromatic carbocycles. The highest BCUT2D eigenvalue weighted by Gasteiger charge is 2.21. The molecule has 1 saturated heterocycles. The first kappa shape index (κ1) is 18.9. The van der Waals surface area contributed by atoms with Gasteiger partial charge in [0.2, 0.25) is 5.89 Å². The summed E-state index contributed by atoms with van der Waals surface area (Å²) in [6.45, 7) is 8.76. The van der Waals surface area contributed by atoms with E-state index in [-0.39, 0.29) is 0 Å². The van der Waals surface area contributed by atoms with Crippen LogP contribution in [0, 0.1) is 19.8 Å². The Morgan fingerprint density at radius 1 is 1.35 bits per heavy atom. The quantitative estimate of drug-likeness (QED) is 0.600. The second-order valence-corrected chi connectivity index (χ2v) is 7.69. The molecule has 142 valence electrons. The molecule has 0 spiro atoms. The normalized spacial score (nSPS) is 16.8. The zero-order valence-electron chi connectivity index (χ0n) is 15.9. The van der Waals surface area contributed by atoms with Crippen LogP contribution in [0.5, 0.6) is 0 Å². The number of rotatable bonds is 6. The van der Waals surface area contributed by atoms with Crippen LogP contribution in [0.25, 0.3) is 0 Å². The summed E-state index contributed by atoms with van der Waals surface area (Å²) in [5.74, 6) is 3.33. The standard InChI is InChI=1S/C19H29N5OS/c1-14-15(2)25-18(23-14)12-24-7-4-16(5-8-24)10-21-19(20-3)22-11-17-6-9-26-13-17/h6,9,13,16H,4-5,7-8,10-12H2,1-3H3,(H2,20,21,22). The number of hydrogen-bond acceptors (Lipinski definition) is 5. The first-order valence-corrected chi connectivity index (χ1v) is 10.2. The van der Waals surface area contributed by atoms with Crippen LogP contribution in [-0.2, 0) is 13.1 Å². The van der Waals surface area contributed by atoms with Gasteiger partial charge in [-0.1, -0.05) is 0 Å². The number of nitrogens with one attached hydrogen (secondary N) is 2. The lowest BCUT2D eigenvalue weighted by Gasteiger charge is -2.31. The van der Waals surface area contributed by atoms with Gasteiger partial charge in [-0.2, -0.15) is 11.3 Å². The molecule has 7 heteroatoms. The van der Waals surface area contributed by atoms with Crippen LogP contribution in [0.1, 0.15) is 35.7 Å². The molecule has 1 aliphatic rings. The first-order valence-electron chi connectivity index (χ1n) is 9.25. The minimum atomic E-state index is 0.680. The number of hydrogen-bond donors (Lipinski definition) is 2. The van der Waals surface area contributed by atoms with E-state index in [1.807, 2.05) is 20.9 Å². The molecule has 0 bridgehead atoms. The maximum Gasteiger partial charge on any atom is 0.208 e. The Bertz CT molecular complexity index is 682. The summed E-state index contributed by atoms with van der Waals surface area (Å²) in [6.07, 6.45) is 2.38. The minimum absolute atomic E-state index is 0.680. The second kappa shape index (κ2) is 9.19. The number of aryl methyl sites for hydroxylation is 2. The van der Waals surface area contributed by atoms with E-state index >= 15 is 0 Å². The van der Waals surface area contributed by atoms with E-state index in [0.29, 0.717) is 5.92 Å². The third-order valence-corrected chi connectivity index (χ3v) is 5.69. The summed E-state index contributed by atoms with van der Waals surface area (Å²) >= 11 is 1.72. The Labute approximate surface area is 159 Å². The molecule has 0 amide bonds. The summed E-state index contributed by atoms with van der Waals surface area (Å²) < 4.78 is 5.71. The molecule has 0 radical (unpaired) electrons. The molecule has 1 fully saturated rings. The van der Waals surface area contributed by atoms with Crippen LogP contribution in [0.15, 0.2) is 26.2 Å². The Morgan fingerprint density at radius 2 is 2.15 bits per heavy atom. The second-order valence-electron chi connectivity index (χ2n) is 6.91. The molecule has 2 aromatic rings. The van der Waals surface area contributed by atoms with Crippen LogP contribution in [0.4, 0.5) is 0 Å². The fourth-order valence-corrected chi connectivity index (χ4v) is 3.86. The Balaban J connectivity index is 1.36. The molecule has 26 heavy (non-hydrogen) atoms. The van der Waals surface area contributed by atoms with Gasteiger partial charge in [0.05, 0.1) is 12.2 Å². The van der Waals surface area contributed by atoms with Crippen LogP contribution < -0.4 is 10.6 Å². The van der Waals surface area contributed by atoms with Crippen molar-refractivity contribution in [3.05, 3.63) is 39.7 Å². The number of guanidine groups is 1. The fraction of sp³-hybridized carbons (Fsp3) is 0.579. The summed E-state index contributed by atoms with van der Waals surface area (Å²) in [5, 5.41) is 11.1. The molecule has 3 heterocycles. The molecule has 6 nitrogen and oxygen atoms in total. The predicted octanol–water partition coefficient (Wildman–Crippen LogP) is 2.93. The number of nitrogens with zero attached hydrogens (tertiary/aromatic N) is 3. The van der Waals surface area contributed by atoms with Gasteiger partial charge in [-0.25, -0.2) is 4.98 Å². The van der Waals surface area contributed by atoms with Crippen molar-refractivity contribution in [2.75, 3.05) is 26.7 Å². The van der Waals surface area contributed by atoms with Gasteiger partial charge in [0.25, 0.3) is 0 Å². The minimum Gasteiger partial charge on any atom is -0.444 e. The van der Waals surface area contributed by atoms with Gasteiger partial charge < -0.3 is 15.1 Å². The van der Waals surface area contributed by atoms with Crippen molar-refractivity contribution in [3.63, 3.8) is 0 Å². The number of aliphatic imine (C=N–C) groups is 1. The van der Waals surface area contributed by atoms with Gasteiger partial charge >= 0.3 is 0 Å². The Morgan fingerprint density at radius 3 is 2.77 bits per heavy atom. The largest absolute Gasteiger partial charge is 0.444 e. The van der Waals surface area contributed by atoms with Crippen molar-refractivity contribution in [1.82, 2.24) is 20.5 Å². The molecular formula is C19H29N5OS. The van der Waals surface area contributed by atoms with Gasteiger partial charge in [-0.05, 0) is 68.1 Å². The fourth-order valence-electron chi connectivity index (χ4n) is 3.19. The molecule has 1 aliphatic heterocycles. The van der Waals surface area contributed by atoms with Crippen LogP contribution in [-0.4, -0.2) is 42.5 Å². The van der Waals surface area contributed by atoms with Crippen molar-refractivity contribution in [2.45, 2.75) is 39.8 Å². The van der Waals surface area contributed by atoms with E-state index in [1.165, 1.54) is 18.4 Å². The Hall–Kier alpha value is -1.86. The predicted molar refractivity (Wildman–Crippen MR) is 106 cm³/mol. The van der Waals surface area contributed by atoms with E-state index < -0.39 is 0 Å². The summed E-state index contributed by atoms with van der Waals surface area (Å²) in [5.41, 5.74) is 2.30. The third kappa shape index (κ3) is 5.32. The zero-order chi connectivity index (χ0) is 18.4. The molecule has 2 N–H and O–H groups in total. The van der Waals surface area contributed by atoms with E-state index in [2.05, 4.69) is 42.3 Å². The number of thiophene rings is 1. The van der Waals surface area contributed by atoms with Gasteiger partial charge in [0, 0.05) is 20.1 Å². The summed E-state index contributed by atoms with van der Waals surface area (Å²) in [4.78, 5) is 11.2. The highest BCUT2D eigenvalue weighted by molar-refractivity contribution is 7.07. The molecule has 3 rings (SSSR count). The van der Waals surface area contributed by atoms with E-state index in [0.717, 1.165) is 56.0 Å². The smallest absolute Gasteiger partial charge is 0.208 e. The van der Waals surface area contributed by atoms with E-state index in [4.69, 9.17) is 4.42 Å². The van der Waals surface area contributed by atoms with Crippen molar-refractivity contribution in [3.8, 4) is 0 Å². The lowest BCUT2D eigenvalue weighted by Crippen LogP contribution is -2.42. The summed E-state index contributed by atoms with van der Waals surface area (Å²) in [7, 11) is 1.83. The Kier molecular flexibility index (Phi) is 6.68. The maximum absolute atomic E-state index is 5.71. The lowest BCUT2D eigenvalue weighted by atomic mass is 9.97. The van der Waals surface area contributed by atoms with Crippen molar-refractivity contribution in [2.24, 2.45) is 10.9 Å². The topological polar surface area (TPSA) is 65.7 Å². The van der Waals surface area contributed by atoms with Gasteiger partial charge in [-0.15, -0.1) is 0 Å². The molecular weight excluding hydrogens is 346 g/mol. The molecule has 0 aliphatic carbocycles.